The first kappa shape index (κ1) is 11.1. The van der Waals surface area contributed by atoms with Gasteiger partial charge in [-0.05, 0) is 25.7 Å². The number of nitrogens with one attached hydrogen (secondary N) is 1. The second kappa shape index (κ2) is 4.01. The van der Waals surface area contributed by atoms with Gasteiger partial charge in [-0.1, -0.05) is 0 Å². The Morgan fingerprint density at radius 2 is 2.18 bits per heavy atom. The average Bonchev–Trinajstić information content (AvgIpc) is 2.93. The molecule has 1 aliphatic carbocycles. The molecule has 1 saturated carbocycles. The third kappa shape index (κ3) is 2.46. The van der Waals surface area contributed by atoms with Gasteiger partial charge in [0, 0.05) is 18.4 Å². The van der Waals surface area contributed by atoms with Crippen LogP contribution in [-0.4, -0.2) is 35.5 Å². The summed E-state index contributed by atoms with van der Waals surface area (Å²) in [5.41, 5.74) is 0. The van der Waals surface area contributed by atoms with Crippen molar-refractivity contribution >= 4 is 15.8 Å². The Kier molecular flexibility index (Phi) is 2.61. The van der Waals surface area contributed by atoms with E-state index in [1.165, 1.54) is 12.8 Å². The maximum atomic E-state index is 11.6. The van der Waals surface area contributed by atoms with Crippen LogP contribution in [-0.2, 0) is 9.84 Å². The minimum Gasteiger partial charge on any atom is -0.353 e. The van der Waals surface area contributed by atoms with Gasteiger partial charge in [-0.3, -0.25) is 0 Å². The molecule has 5 nitrogen and oxygen atoms in total. The average molecular weight is 255 g/mol. The topological polar surface area (TPSA) is 64.0 Å². The SMILES string of the molecule is O=S1(=O)CCCC(n2ccnc2NC2CC2)C1. The van der Waals surface area contributed by atoms with E-state index in [0.717, 1.165) is 18.8 Å². The van der Waals surface area contributed by atoms with E-state index in [1.54, 1.807) is 6.20 Å². The zero-order valence-corrected chi connectivity index (χ0v) is 10.5. The van der Waals surface area contributed by atoms with Gasteiger partial charge in [0.1, 0.15) is 0 Å². The minimum absolute atomic E-state index is 0.0532. The van der Waals surface area contributed by atoms with E-state index in [1.807, 2.05) is 10.8 Å². The van der Waals surface area contributed by atoms with Crippen molar-refractivity contribution in [3.63, 3.8) is 0 Å². The van der Waals surface area contributed by atoms with Gasteiger partial charge in [-0.25, -0.2) is 13.4 Å². The van der Waals surface area contributed by atoms with Crippen LogP contribution in [0.1, 0.15) is 31.7 Å². The number of aromatic nitrogens is 2. The zero-order valence-electron chi connectivity index (χ0n) is 9.67. The van der Waals surface area contributed by atoms with Gasteiger partial charge < -0.3 is 9.88 Å². The highest BCUT2D eigenvalue weighted by Crippen LogP contribution is 2.29. The number of imidazole rings is 1. The summed E-state index contributed by atoms with van der Waals surface area (Å²) in [4.78, 5) is 4.28. The summed E-state index contributed by atoms with van der Waals surface area (Å²) >= 11 is 0. The summed E-state index contributed by atoms with van der Waals surface area (Å²) in [7, 11) is -2.86. The molecular weight excluding hydrogens is 238 g/mol. The van der Waals surface area contributed by atoms with Crippen LogP contribution in [0.25, 0.3) is 0 Å². The van der Waals surface area contributed by atoms with E-state index in [9.17, 15) is 8.42 Å². The van der Waals surface area contributed by atoms with Crippen molar-refractivity contribution in [1.82, 2.24) is 9.55 Å². The quantitative estimate of drug-likeness (QED) is 0.881. The van der Waals surface area contributed by atoms with Gasteiger partial charge in [-0.2, -0.15) is 0 Å². The fourth-order valence-corrected chi connectivity index (χ4v) is 4.03. The summed E-state index contributed by atoms with van der Waals surface area (Å²) in [6.07, 6.45) is 7.69. The van der Waals surface area contributed by atoms with Crippen LogP contribution in [0.3, 0.4) is 0 Å². The standard InChI is InChI=1S/C11H17N3O2S/c15-17(16)7-1-2-10(8-17)14-6-5-12-11(14)13-9-3-4-9/h5-6,9-10H,1-4,7-8H2,(H,12,13). The Hall–Kier alpha value is -1.04. The van der Waals surface area contributed by atoms with E-state index in [4.69, 9.17) is 0 Å². The molecule has 1 aliphatic heterocycles. The summed E-state index contributed by atoms with van der Waals surface area (Å²) in [5.74, 6) is 1.42. The number of hydrogen-bond donors (Lipinski definition) is 1. The van der Waals surface area contributed by atoms with Crippen molar-refractivity contribution < 1.29 is 8.42 Å². The molecule has 1 saturated heterocycles. The lowest BCUT2D eigenvalue weighted by atomic mass is 10.2. The van der Waals surface area contributed by atoms with Crippen LogP contribution in [0.15, 0.2) is 12.4 Å². The molecule has 1 aromatic rings. The second-order valence-corrected chi connectivity index (χ2v) is 7.22. The molecule has 1 unspecified atom stereocenters. The Labute approximate surface area is 101 Å². The smallest absolute Gasteiger partial charge is 0.203 e. The van der Waals surface area contributed by atoms with Crippen LogP contribution in [0, 0.1) is 0 Å². The highest BCUT2D eigenvalue weighted by atomic mass is 32.2. The van der Waals surface area contributed by atoms with E-state index in [0.29, 0.717) is 11.8 Å². The lowest BCUT2D eigenvalue weighted by molar-refractivity contribution is 0.473. The van der Waals surface area contributed by atoms with Crippen LogP contribution >= 0.6 is 0 Å². The molecule has 17 heavy (non-hydrogen) atoms. The zero-order chi connectivity index (χ0) is 11.9. The van der Waals surface area contributed by atoms with Crippen molar-refractivity contribution in [2.24, 2.45) is 0 Å². The predicted octanol–water partition coefficient (Wildman–Crippen LogP) is 1.21. The fourth-order valence-electron chi connectivity index (χ4n) is 2.35. The molecule has 1 N–H and O–H groups in total. The molecule has 0 radical (unpaired) electrons. The lowest BCUT2D eigenvalue weighted by Gasteiger charge is -2.24. The molecule has 2 aliphatic rings. The van der Waals surface area contributed by atoms with Crippen molar-refractivity contribution in [2.45, 2.75) is 37.8 Å². The van der Waals surface area contributed by atoms with Crippen molar-refractivity contribution in [3.8, 4) is 0 Å². The summed E-state index contributed by atoms with van der Waals surface area (Å²) < 4.78 is 25.3. The Morgan fingerprint density at radius 3 is 2.88 bits per heavy atom. The Balaban J connectivity index is 1.80. The fraction of sp³-hybridized carbons (Fsp3) is 0.727. The maximum Gasteiger partial charge on any atom is 0.203 e. The highest BCUT2D eigenvalue weighted by molar-refractivity contribution is 7.91. The normalized spacial score (nSPS) is 27.9. The van der Waals surface area contributed by atoms with Crippen molar-refractivity contribution in [1.29, 1.82) is 0 Å². The monoisotopic (exact) mass is 255 g/mol. The molecule has 2 fully saturated rings. The number of hydrogen-bond acceptors (Lipinski definition) is 4. The molecule has 6 heteroatoms. The van der Waals surface area contributed by atoms with E-state index >= 15 is 0 Å². The van der Waals surface area contributed by atoms with Gasteiger partial charge in [-0.15, -0.1) is 0 Å². The third-order valence-corrected chi connectivity index (χ3v) is 5.21. The number of sulfone groups is 1. The summed E-state index contributed by atoms with van der Waals surface area (Å²) in [5, 5.41) is 3.35. The van der Waals surface area contributed by atoms with E-state index in [2.05, 4.69) is 10.3 Å². The molecule has 1 aromatic heterocycles. The maximum absolute atomic E-state index is 11.6. The summed E-state index contributed by atoms with van der Waals surface area (Å²) in [6, 6.07) is 0.592. The van der Waals surface area contributed by atoms with Gasteiger partial charge in [0.15, 0.2) is 9.84 Å². The van der Waals surface area contributed by atoms with E-state index in [-0.39, 0.29) is 11.8 Å². The highest BCUT2D eigenvalue weighted by Gasteiger charge is 2.29. The van der Waals surface area contributed by atoms with Crippen LogP contribution in [0.4, 0.5) is 5.95 Å². The molecule has 2 heterocycles. The molecule has 0 bridgehead atoms. The first-order chi connectivity index (χ1) is 8.14. The molecule has 1 atom stereocenters. The Morgan fingerprint density at radius 1 is 1.35 bits per heavy atom. The predicted molar refractivity (Wildman–Crippen MR) is 65.8 cm³/mol. The molecule has 0 aromatic carbocycles. The van der Waals surface area contributed by atoms with Gasteiger partial charge in [0.2, 0.25) is 5.95 Å². The first-order valence-corrected chi connectivity index (χ1v) is 7.96. The van der Waals surface area contributed by atoms with Crippen LogP contribution in [0.2, 0.25) is 0 Å². The van der Waals surface area contributed by atoms with E-state index < -0.39 is 9.84 Å². The second-order valence-electron chi connectivity index (χ2n) is 4.99. The van der Waals surface area contributed by atoms with Crippen molar-refractivity contribution in [2.75, 3.05) is 16.8 Å². The molecule has 0 spiro atoms. The largest absolute Gasteiger partial charge is 0.353 e. The molecule has 3 rings (SSSR count). The number of anilines is 1. The Bertz CT molecular complexity index is 505. The van der Waals surface area contributed by atoms with Crippen LogP contribution < -0.4 is 5.32 Å². The van der Waals surface area contributed by atoms with Gasteiger partial charge in [0.25, 0.3) is 0 Å². The first-order valence-electron chi connectivity index (χ1n) is 6.14. The van der Waals surface area contributed by atoms with Gasteiger partial charge in [0.05, 0.1) is 17.5 Å². The van der Waals surface area contributed by atoms with Gasteiger partial charge >= 0.3 is 0 Å². The molecule has 94 valence electrons. The minimum atomic E-state index is -2.86. The lowest BCUT2D eigenvalue weighted by Crippen LogP contribution is -2.28. The number of nitrogens with zero attached hydrogens (tertiary/aromatic N) is 2. The third-order valence-electron chi connectivity index (χ3n) is 3.41. The molecular formula is C11H17N3O2S. The van der Waals surface area contributed by atoms with Crippen LogP contribution in [0.5, 0.6) is 0 Å². The molecule has 0 amide bonds. The number of rotatable bonds is 3. The van der Waals surface area contributed by atoms with Crippen molar-refractivity contribution in [3.05, 3.63) is 12.4 Å². The summed E-state index contributed by atoms with van der Waals surface area (Å²) in [6.45, 7) is 0.